The van der Waals surface area contributed by atoms with Crippen LogP contribution in [0.1, 0.15) is 38.1 Å². The van der Waals surface area contributed by atoms with E-state index in [-0.39, 0.29) is 17.7 Å². The van der Waals surface area contributed by atoms with Crippen LogP contribution < -0.4 is 10.1 Å². The molecule has 0 atom stereocenters. The normalized spacial score (nSPS) is 11.3. The van der Waals surface area contributed by atoms with Gasteiger partial charge in [-0.25, -0.2) is 4.98 Å². The molecule has 0 unspecified atom stereocenters. The van der Waals surface area contributed by atoms with Crippen molar-refractivity contribution in [3.05, 3.63) is 41.6 Å². The number of rotatable bonds is 4. The summed E-state index contributed by atoms with van der Waals surface area (Å²) in [5, 5.41) is 2.83. The molecular weight excluding hydrogens is 280 g/mol. The Balaban J connectivity index is 2.07. The van der Waals surface area contributed by atoms with E-state index in [9.17, 15) is 4.79 Å². The van der Waals surface area contributed by atoms with E-state index in [4.69, 9.17) is 9.15 Å². The summed E-state index contributed by atoms with van der Waals surface area (Å²) in [4.78, 5) is 16.6. The number of anilines is 1. The lowest BCUT2D eigenvalue weighted by molar-refractivity contribution is -0.115. The summed E-state index contributed by atoms with van der Waals surface area (Å²) in [6.45, 7) is 7.93. The van der Waals surface area contributed by atoms with E-state index in [0.29, 0.717) is 23.1 Å². The van der Waals surface area contributed by atoms with Crippen LogP contribution in [-0.2, 0) is 16.6 Å². The van der Waals surface area contributed by atoms with Gasteiger partial charge in [0, 0.05) is 17.2 Å². The maximum Gasteiger partial charge on any atom is 0.232 e. The molecule has 0 bridgehead atoms. The van der Waals surface area contributed by atoms with E-state index in [2.05, 4.69) is 10.3 Å². The van der Waals surface area contributed by atoms with Crippen molar-refractivity contribution >= 4 is 11.6 Å². The first-order valence-electron chi connectivity index (χ1n) is 7.20. The van der Waals surface area contributed by atoms with Crippen LogP contribution in [0.3, 0.4) is 0 Å². The van der Waals surface area contributed by atoms with Crippen LogP contribution >= 0.6 is 0 Å². The first-order valence-corrected chi connectivity index (χ1v) is 7.20. The van der Waals surface area contributed by atoms with Crippen molar-refractivity contribution in [2.24, 2.45) is 0 Å². The Labute approximate surface area is 130 Å². The molecule has 2 aromatic rings. The number of nitrogens with one attached hydrogen (secondary N) is 1. The number of benzene rings is 1. The van der Waals surface area contributed by atoms with E-state index >= 15 is 0 Å². The van der Waals surface area contributed by atoms with Crippen molar-refractivity contribution in [1.29, 1.82) is 0 Å². The van der Waals surface area contributed by atoms with Crippen LogP contribution in [-0.4, -0.2) is 18.0 Å². The molecule has 1 aromatic heterocycles. The molecule has 1 aromatic carbocycles. The second kappa shape index (κ2) is 6.22. The topological polar surface area (TPSA) is 64.4 Å². The van der Waals surface area contributed by atoms with E-state index < -0.39 is 0 Å². The van der Waals surface area contributed by atoms with Crippen LogP contribution in [0, 0.1) is 6.92 Å². The van der Waals surface area contributed by atoms with Crippen LogP contribution in [0.5, 0.6) is 5.75 Å². The van der Waals surface area contributed by atoms with E-state index in [1.165, 1.54) is 0 Å². The van der Waals surface area contributed by atoms with E-state index in [1.54, 1.807) is 13.2 Å². The molecule has 2 rings (SSSR count). The molecule has 0 fully saturated rings. The van der Waals surface area contributed by atoms with E-state index in [1.807, 2.05) is 45.9 Å². The first-order chi connectivity index (χ1) is 10.3. The Morgan fingerprint density at radius 2 is 2.09 bits per heavy atom. The van der Waals surface area contributed by atoms with Gasteiger partial charge in [-0.15, -0.1) is 0 Å². The highest BCUT2D eigenvalue weighted by atomic mass is 16.5. The molecule has 1 heterocycles. The minimum absolute atomic E-state index is 0.145. The number of oxazole rings is 1. The summed E-state index contributed by atoms with van der Waals surface area (Å²) in [5.41, 5.74) is 1.27. The number of amides is 1. The third-order valence-electron chi connectivity index (χ3n) is 3.21. The van der Waals surface area contributed by atoms with Gasteiger partial charge in [0.25, 0.3) is 0 Å². The summed E-state index contributed by atoms with van der Waals surface area (Å²) in [6, 6.07) is 7.23. The molecule has 5 heteroatoms. The quantitative estimate of drug-likeness (QED) is 0.939. The summed E-state index contributed by atoms with van der Waals surface area (Å²) >= 11 is 0. The van der Waals surface area contributed by atoms with Crippen molar-refractivity contribution in [2.75, 3.05) is 12.4 Å². The Hall–Kier alpha value is -2.30. The second-order valence-electron chi connectivity index (χ2n) is 6.23. The van der Waals surface area contributed by atoms with Gasteiger partial charge in [-0.1, -0.05) is 26.8 Å². The Kier molecular flexibility index (Phi) is 4.54. The largest absolute Gasteiger partial charge is 0.497 e. The van der Waals surface area contributed by atoms with Crippen molar-refractivity contribution < 1.29 is 13.9 Å². The molecule has 1 N–H and O–H groups in total. The Morgan fingerprint density at radius 3 is 2.68 bits per heavy atom. The fourth-order valence-electron chi connectivity index (χ4n) is 1.96. The average molecular weight is 302 g/mol. The molecular formula is C17H22N2O3. The highest BCUT2D eigenvalue weighted by Gasteiger charge is 2.23. The Bertz CT molecular complexity index is 669. The summed E-state index contributed by atoms with van der Waals surface area (Å²) < 4.78 is 10.9. The first kappa shape index (κ1) is 16.1. The number of hydrogen-bond acceptors (Lipinski definition) is 4. The van der Waals surface area contributed by atoms with Crippen LogP contribution in [0.2, 0.25) is 0 Å². The zero-order valence-corrected chi connectivity index (χ0v) is 13.7. The molecule has 1 amide bonds. The van der Waals surface area contributed by atoms with Gasteiger partial charge < -0.3 is 14.5 Å². The predicted molar refractivity (Wildman–Crippen MR) is 85.3 cm³/mol. The lowest BCUT2D eigenvalue weighted by Gasteiger charge is -2.12. The molecule has 0 aliphatic carbocycles. The maximum absolute atomic E-state index is 12.2. The van der Waals surface area contributed by atoms with Gasteiger partial charge in [0.05, 0.1) is 19.2 Å². The second-order valence-corrected chi connectivity index (χ2v) is 6.23. The zero-order chi connectivity index (χ0) is 16.3. The van der Waals surface area contributed by atoms with Gasteiger partial charge >= 0.3 is 0 Å². The summed E-state index contributed by atoms with van der Waals surface area (Å²) in [7, 11) is 1.59. The molecule has 5 nitrogen and oxygen atoms in total. The van der Waals surface area contributed by atoms with Crippen molar-refractivity contribution in [3.63, 3.8) is 0 Å². The standard InChI is InChI=1S/C17H22N2O3/c1-11-14(22-16(18-11)17(2,3)4)10-15(20)19-12-7-6-8-13(9-12)21-5/h6-9H,10H2,1-5H3,(H,19,20). The molecule has 0 saturated heterocycles. The van der Waals surface area contributed by atoms with Crippen molar-refractivity contribution in [2.45, 2.75) is 39.5 Å². The number of carbonyl (C=O) groups is 1. The van der Waals surface area contributed by atoms with Gasteiger partial charge in [0.15, 0.2) is 5.89 Å². The summed E-state index contributed by atoms with van der Waals surface area (Å²) in [5.74, 6) is 1.80. The average Bonchev–Trinajstić information content (AvgIpc) is 2.80. The molecule has 0 aliphatic heterocycles. The molecule has 0 aliphatic rings. The fraction of sp³-hybridized carbons (Fsp3) is 0.412. The smallest absolute Gasteiger partial charge is 0.232 e. The predicted octanol–water partition coefficient (Wildman–Crippen LogP) is 3.47. The van der Waals surface area contributed by atoms with Gasteiger partial charge in [-0.2, -0.15) is 0 Å². The lowest BCUT2D eigenvalue weighted by atomic mass is 9.97. The monoisotopic (exact) mass is 302 g/mol. The number of aromatic nitrogens is 1. The van der Waals surface area contributed by atoms with Crippen LogP contribution in [0.25, 0.3) is 0 Å². The maximum atomic E-state index is 12.2. The number of aryl methyl sites for hydroxylation is 1. The van der Waals surface area contributed by atoms with Gasteiger partial charge in [-0.05, 0) is 19.1 Å². The van der Waals surface area contributed by atoms with Gasteiger partial charge in [-0.3, -0.25) is 4.79 Å². The third-order valence-corrected chi connectivity index (χ3v) is 3.21. The van der Waals surface area contributed by atoms with Crippen molar-refractivity contribution in [3.8, 4) is 5.75 Å². The van der Waals surface area contributed by atoms with E-state index in [0.717, 1.165) is 5.69 Å². The molecule has 0 spiro atoms. The number of nitrogens with zero attached hydrogens (tertiary/aromatic N) is 1. The lowest BCUT2D eigenvalue weighted by Crippen LogP contribution is -2.14. The van der Waals surface area contributed by atoms with Crippen LogP contribution in [0.4, 0.5) is 5.69 Å². The molecule has 118 valence electrons. The summed E-state index contributed by atoms with van der Waals surface area (Å²) in [6.07, 6.45) is 0.159. The van der Waals surface area contributed by atoms with Crippen LogP contribution in [0.15, 0.2) is 28.7 Å². The number of ether oxygens (including phenoxy) is 1. The minimum Gasteiger partial charge on any atom is -0.497 e. The number of carbonyl (C=O) groups excluding carboxylic acids is 1. The number of hydrogen-bond donors (Lipinski definition) is 1. The van der Waals surface area contributed by atoms with Gasteiger partial charge in [0.1, 0.15) is 11.5 Å². The minimum atomic E-state index is -0.174. The highest BCUT2D eigenvalue weighted by Crippen LogP contribution is 2.24. The molecule has 22 heavy (non-hydrogen) atoms. The zero-order valence-electron chi connectivity index (χ0n) is 13.7. The SMILES string of the molecule is COc1cccc(NC(=O)Cc2oc(C(C)(C)C)nc2C)c1. The fourth-order valence-corrected chi connectivity index (χ4v) is 1.96. The molecule has 0 saturated carbocycles. The third kappa shape index (κ3) is 3.87. The van der Waals surface area contributed by atoms with Gasteiger partial charge in [0.2, 0.25) is 5.91 Å². The Morgan fingerprint density at radius 1 is 1.36 bits per heavy atom. The van der Waals surface area contributed by atoms with Crippen molar-refractivity contribution in [1.82, 2.24) is 4.98 Å². The number of methoxy groups -OCH3 is 1. The highest BCUT2D eigenvalue weighted by molar-refractivity contribution is 5.92. The molecule has 0 radical (unpaired) electrons.